The molecule has 0 amide bonds. The summed E-state index contributed by atoms with van der Waals surface area (Å²) in [6.07, 6.45) is 0.637. The summed E-state index contributed by atoms with van der Waals surface area (Å²) < 4.78 is 5.14. The van der Waals surface area contributed by atoms with E-state index < -0.39 is 0 Å². The van der Waals surface area contributed by atoms with Gasteiger partial charge in [-0.2, -0.15) is 0 Å². The van der Waals surface area contributed by atoms with E-state index in [2.05, 4.69) is 18.7 Å². The largest absolute Gasteiger partial charge is 0.460 e. The fraction of sp³-hybridized carbons (Fsp3) is 0.889. The lowest BCUT2D eigenvalue weighted by atomic mass is 10.1. The van der Waals surface area contributed by atoms with Crippen molar-refractivity contribution in [3.05, 3.63) is 0 Å². The highest BCUT2D eigenvalue weighted by Crippen LogP contribution is 2.15. The average Bonchev–Trinajstić information content (AvgIpc) is 1.94. The van der Waals surface area contributed by atoms with Crippen LogP contribution in [-0.2, 0) is 9.53 Å². The van der Waals surface area contributed by atoms with E-state index in [1.807, 2.05) is 6.92 Å². The predicted octanol–water partition coefficient (Wildman–Crippen LogP) is 1.03. The highest BCUT2D eigenvalue weighted by atomic mass is 16.5. The van der Waals surface area contributed by atoms with E-state index in [9.17, 15) is 4.79 Å². The lowest BCUT2D eigenvalue weighted by Gasteiger charge is -2.41. The zero-order chi connectivity index (χ0) is 9.14. The van der Waals surface area contributed by atoms with Crippen LogP contribution >= 0.6 is 0 Å². The Balaban J connectivity index is 2.13. The fourth-order valence-electron chi connectivity index (χ4n) is 1.24. The molecule has 0 radical (unpaired) electrons. The van der Waals surface area contributed by atoms with E-state index >= 15 is 0 Å². The molecule has 0 aromatic carbocycles. The quantitative estimate of drug-likeness (QED) is 0.594. The molecule has 1 saturated heterocycles. The zero-order valence-corrected chi connectivity index (χ0v) is 8.04. The summed E-state index contributed by atoms with van der Waals surface area (Å²) in [5.74, 6) is -0.0802. The first-order valence-electron chi connectivity index (χ1n) is 4.57. The van der Waals surface area contributed by atoms with Gasteiger partial charge in [-0.05, 0) is 13.8 Å². The Morgan fingerprint density at radius 2 is 2.17 bits per heavy atom. The molecule has 1 rings (SSSR count). The van der Waals surface area contributed by atoms with Gasteiger partial charge >= 0.3 is 5.97 Å². The third kappa shape index (κ3) is 2.21. The number of ether oxygens (including phenoxy) is 1. The summed E-state index contributed by atoms with van der Waals surface area (Å²) in [5, 5.41) is 0. The minimum atomic E-state index is -0.0802. The molecule has 70 valence electrons. The molecular weight excluding hydrogens is 154 g/mol. The van der Waals surface area contributed by atoms with Crippen molar-refractivity contribution < 1.29 is 9.53 Å². The number of carbonyl (C=O) groups is 1. The molecule has 0 unspecified atom stereocenters. The summed E-state index contributed by atoms with van der Waals surface area (Å²) in [5.41, 5.74) is 0. The van der Waals surface area contributed by atoms with Gasteiger partial charge in [-0.3, -0.25) is 9.69 Å². The van der Waals surface area contributed by atoms with Crippen LogP contribution in [0.3, 0.4) is 0 Å². The van der Waals surface area contributed by atoms with Crippen molar-refractivity contribution in [3.63, 3.8) is 0 Å². The van der Waals surface area contributed by atoms with E-state index in [0.717, 1.165) is 13.1 Å². The molecule has 0 aromatic rings. The molecule has 0 aromatic heterocycles. The highest BCUT2D eigenvalue weighted by molar-refractivity contribution is 5.69. The van der Waals surface area contributed by atoms with Gasteiger partial charge in [0.2, 0.25) is 0 Å². The van der Waals surface area contributed by atoms with Crippen LogP contribution in [0.15, 0.2) is 0 Å². The average molecular weight is 171 g/mol. The van der Waals surface area contributed by atoms with Crippen molar-refractivity contribution in [2.24, 2.45) is 0 Å². The van der Waals surface area contributed by atoms with Crippen LogP contribution < -0.4 is 0 Å². The second-order valence-electron chi connectivity index (χ2n) is 3.51. The summed E-state index contributed by atoms with van der Waals surface area (Å²) in [6, 6.07) is 0.571. The van der Waals surface area contributed by atoms with Gasteiger partial charge in [0.25, 0.3) is 0 Å². The Labute approximate surface area is 73.7 Å². The first-order chi connectivity index (χ1) is 5.63. The Morgan fingerprint density at radius 3 is 2.58 bits per heavy atom. The van der Waals surface area contributed by atoms with E-state index in [4.69, 9.17) is 4.74 Å². The highest BCUT2D eigenvalue weighted by Gasteiger charge is 2.30. The van der Waals surface area contributed by atoms with E-state index in [-0.39, 0.29) is 12.1 Å². The molecular formula is C9H17NO2. The van der Waals surface area contributed by atoms with Crippen molar-refractivity contribution in [2.75, 3.05) is 13.1 Å². The topological polar surface area (TPSA) is 29.5 Å². The van der Waals surface area contributed by atoms with Crippen LogP contribution in [0.4, 0.5) is 0 Å². The first kappa shape index (κ1) is 9.52. The number of hydrogen-bond acceptors (Lipinski definition) is 3. The van der Waals surface area contributed by atoms with E-state index in [1.165, 1.54) is 0 Å². The number of rotatable bonds is 3. The van der Waals surface area contributed by atoms with Crippen molar-refractivity contribution in [1.29, 1.82) is 0 Å². The minimum absolute atomic E-state index is 0.0802. The Hall–Kier alpha value is -0.570. The van der Waals surface area contributed by atoms with Gasteiger partial charge in [-0.1, -0.05) is 6.92 Å². The number of esters is 1. The molecule has 0 aliphatic carbocycles. The zero-order valence-electron chi connectivity index (χ0n) is 8.04. The van der Waals surface area contributed by atoms with E-state index in [1.54, 1.807) is 0 Å². The second kappa shape index (κ2) is 3.90. The normalized spacial score (nSPS) is 19.3. The van der Waals surface area contributed by atoms with E-state index in [0.29, 0.717) is 12.5 Å². The lowest BCUT2D eigenvalue weighted by Crippen LogP contribution is -2.55. The molecule has 1 aliphatic heterocycles. The molecule has 12 heavy (non-hydrogen) atoms. The molecule has 3 nitrogen and oxygen atoms in total. The lowest BCUT2D eigenvalue weighted by molar-refractivity contribution is -0.158. The molecule has 1 heterocycles. The van der Waals surface area contributed by atoms with Crippen molar-refractivity contribution in [3.8, 4) is 0 Å². The maximum absolute atomic E-state index is 10.9. The number of carbonyl (C=O) groups excluding carboxylic acids is 1. The SMILES string of the molecule is CCC(=O)OC1CN(C(C)C)C1. The minimum Gasteiger partial charge on any atom is -0.460 e. The molecule has 0 saturated carbocycles. The van der Waals surface area contributed by atoms with Crippen molar-refractivity contribution in [2.45, 2.75) is 39.3 Å². The molecule has 1 fully saturated rings. The monoisotopic (exact) mass is 171 g/mol. The summed E-state index contributed by atoms with van der Waals surface area (Å²) in [7, 11) is 0. The fourth-order valence-corrected chi connectivity index (χ4v) is 1.24. The third-order valence-corrected chi connectivity index (χ3v) is 2.19. The Kier molecular flexibility index (Phi) is 3.09. The van der Waals surface area contributed by atoms with Gasteiger partial charge < -0.3 is 4.74 Å². The first-order valence-corrected chi connectivity index (χ1v) is 4.57. The molecule has 3 heteroatoms. The van der Waals surface area contributed by atoms with Crippen LogP contribution in [-0.4, -0.2) is 36.1 Å². The van der Waals surface area contributed by atoms with Gasteiger partial charge in [0, 0.05) is 25.6 Å². The van der Waals surface area contributed by atoms with Gasteiger partial charge in [-0.15, -0.1) is 0 Å². The van der Waals surface area contributed by atoms with Crippen molar-refractivity contribution >= 4 is 5.97 Å². The number of likely N-dealkylation sites (tertiary alicyclic amines) is 1. The van der Waals surface area contributed by atoms with Crippen LogP contribution in [0.25, 0.3) is 0 Å². The molecule has 0 atom stereocenters. The van der Waals surface area contributed by atoms with Crippen LogP contribution in [0.1, 0.15) is 27.2 Å². The van der Waals surface area contributed by atoms with Gasteiger partial charge in [0.1, 0.15) is 6.10 Å². The van der Waals surface area contributed by atoms with Gasteiger partial charge in [0.15, 0.2) is 0 Å². The van der Waals surface area contributed by atoms with Crippen LogP contribution in [0.5, 0.6) is 0 Å². The number of nitrogens with zero attached hydrogens (tertiary/aromatic N) is 1. The predicted molar refractivity (Wildman–Crippen MR) is 46.9 cm³/mol. The second-order valence-corrected chi connectivity index (χ2v) is 3.51. The maximum atomic E-state index is 10.9. The molecule has 0 bridgehead atoms. The van der Waals surface area contributed by atoms with Gasteiger partial charge in [-0.25, -0.2) is 0 Å². The standard InChI is InChI=1S/C9H17NO2/c1-4-9(11)12-8-5-10(6-8)7(2)3/h7-8H,4-6H2,1-3H3. The summed E-state index contributed by atoms with van der Waals surface area (Å²) in [6.45, 7) is 7.93. The third-order valence-electron chi connectivity index (χ3n) is 2.19. The Bertz CT molecular complexity index is 162. The molecule has 0 N–H and O–H groups in total. The van der Waals surface area contributed by atoms with Crippen molar-refractivity contribution in [1.82, 2.24) is 4.90 Å². The summed E-state index contributed by atoms with van der Waals surface area (Å²) >= 11 is 0. The summed E-state index contributed by atoms with van der Waals surface area (Å²) in [4.78, 5) is 13.1. The van der Waals surface area contributed by atoms with Crippen LogP contribution in [0, 0.1) is 0 Å². The van der Waals surface area contributed by atoms with Gasteiger partial charge in [0.05, 0.1) is 0 Å². The molecule has 0 spiro atoms. The maximum Gasteiger partial charge on any atom is 0.305 e. The Morgan fingerprint density at radius 1 is 1.58 bits per heavy atom. The number of hydrogen-bond donors (Lipinski definition) is 0. The smallest absolute Gasteiger partial charge is 0.305 e. The van der Waals surface area contributed by atoms with Crippen LogP contribution in [0.2, 0.25) is 0 Å². The molecule has 1 aliphatic rings.